The second-order valence-electron chi connectivity index (χ2n) is 2.61. The highest BCUT2D eigenvalue weighted by Gasteiger charge is 2.11. The Labute approximate surface area is 84.7 Å². The van der Waals surface area contributed by atoms with Gasteiger partial charge in [-0.25, -0.2) is 8.78 Å². The Hall–Kier alpha value is -1.24. The molecule has 0 radical (unpaired) electrons. The third-order valence-electron chi connectivity index (χ3n) is 1.48. The van der Waals surface area contributed by atoms with Gasteiger partial charge >= 0.3 is 10.2 Å². The Morgan fingerprint density at radius 2 is 1.73 bits per heavy atom. The van der Waals surface area contributed by atoms with Crippen LogP contribution in [0.3, 0.4) is 0 Å². The molecule has 1 aromatic carbocycles. The molecule has 0 saturated carbocycles. The van der Waals surface area contributed by atoms with E-state index in [1.54, 1.807) is 0 Å². The molecule has 3 nitrogen and oxygen atoms in total. The summed E-state index contributed by atoms with van der Waals surface area (Å²) >= 11 is 0. The van der Waals surface area contributed by atoms with E-state index >= 15 is 0 Å². The van der Waals surface area contributed by atoms with Crippen molar-refractivity contribution in [3.05, 3.63) is 24.3 Å². The number of halogens is 3. The van der Waals surface area contributed by atoms with Crippen LogP contribution >= 0.6 is 0 Å². The number of alkyl halides is 2. The number of hydrogen-bond donors (Lipinski definition) is 0. The first kappa shape index (κ1) is 11.8. The SMILES string of the molecule is O=S(=O)(F)c1ccc(OCC(F)F)cc1. The van der Waals surface area contributed by atoms with Crippen molar-refractivity contribution in [2.45, 2.75) is 11.3 Å². The summed E-state index contributed by atoms with van der Waals surface area (Å²) in [6.45, 7) is -0.790. The fourth-order valence-corrected chi connectivity index (χ4v) is 1.32. The van der Waals surface area contributed by atoms with Gasteiger partial charge in [0.15, 0.2) is 0 Å². The van der Waals surface area contributed by atoms with Gasteiger partial charge in [-0.15, -0.1) is 3.89 Å². The Morgan fingerprint density at radius 3 is 2.13 bits per heavy atom. The summed E-state index contributed by atoms with van der Waals surface area (Å²) < 4.78 is 61.1. The molecule has 0 spiro atoms. The summed E-state index contributed by atoms with van der Waals surface area (Å²) in [5.74, 6) is 0.0581. The van der Waals surface area contributed by atoms with Crippen LogP contribution in [0.2, 0.25) is 0 Å². The summed E-state index contributed by atoms with van der Waals surface area (Å²) in [6.07, 6.45) is -2.62. The summed E-state index contributed by atoms with van der Waals surface area (Å²) in [5.41, 5.74) is 0. The number of benzene rings is 1. The lowest BCUT2D eigenvalue weighted by atomic mass is 10.3. The van der Waals surface area contributed by atoms with E-state index in [0.29, 0.717) is 0 Å². The molecule has 0 bridgehead atoms. The molecular weight excluding hydrogens is 233 g/mol. The van der Waals surface area contributed by atoms with E-state index in [1.807, 2.05) is 0 Å². The molecule has 0 fully saturated rings. The average molecular weight is 240 g/mol. The Balaban J connectivity index is 2.73. The zero-order chi connectivity index (χ0) is 11.5. The van der Waals surface area contributed by atoms with Crippen molar-refractivity contribution in [3.63, 3.8) is 0 Å². The minimum Gasteiger partial charge on any atom is -0.488 e. The first-order valence-electron chi connectivity index (χ1n) is 3.85. The van der Waals surface area contributed by atoms with Crippen LogP contribution in [0.5, 0.6) is 5.75 Å². The van der Waals surface area contributed by atoms with Gasteiger partial charge in [-0.2, -0.15) is 8.42 Å². The Morgan fingerprint density at radius 1 is 1.20 bits per heavy atom. The smallest absolute Gasteiger partial charge is 0.332 e. The molecule has 7 heteroatoms. The molecule has 1 aromatic rings. The lowest BCUT2D eigenvalue weighted by molar-refractivity contribution is 0.0819. The number of ether oxygens (including phenoxy) is 1. The van der Waals surface area contributed by atoms with Gasteiger partial charge in [0.25, 0.3) is 6.43 Å². The second-order valence-corrected chi connectivity index (χ2v) is 3.96. The van der Waals surface area contributed by atoms with Gasteiger partial charge in [0, 0.05) is 0 Å². The van der Waals surface area contributed by atoms with Crippen molar-refractivity contribution >= 4 is 10.2 Å². The van der Waals surface area contributed by atoms with Crippen molar-refractivity contribution in [2.75, 3.05) is 6.61 Å². The van der Waals surface area contributed by atoms with Gasteiger partial charge in [0.2, 0.25) is 0 Å². The van der Waals surface area contributed by atoms with Gasteiger partial charge < -0.3 is 4.74 Å². The van der Waals surface area contributed by atoms with Crippen molar-refractivity contribution in [3.8, 4) is 5.75 Å². The number of hydrogen-bond acceptors (Lipinski definition) is 3. The minimum atomic E-state index is -4.75. The largest absolute Gasteiger partial charge is 0.488 e. The van der Waals surface area contributed by atoms with Crippen LogP contribution in [0.4, 0.5) is 12.7 Å². The second kappa shape index (κ2) is 4.52. The molecule has 0 atom stereocenters. The van der Waals surface area contributed by atoms with E-state index in [-0.39, 0.29) is 5.75 Å². The fraction of sp³-hybridized carbons (Fsp3) is 0.250. The summed E-state index contributed by atoms with van der Waals surface area (Å²) in [4.78, 5) is -0.535. The summed E-state index contributed by atoms with van der Waals surface area (Å²) in [5, 5.41) is 0. The van der Waals surface area contributed by atoms with Crippen LogP contribution in [0.15, 0.2) is 29.2 Å². The molecule has 0 unspecified atom stereocenters. The van der Waals surface area contributed by atoms with Crippen LogP contribution in [0.25, 0.3) is 0 Å². The predicted molar refractivity (Wildman–Crippen MR) is 46.2 cm³/mol. The highest BCUT2D eigenvalue weighted by Crippen LogP contribution is 2.17. The highest BCUT2D eigenvalue weighted by molar-refractivity contribution is 7.86. The molecule has 0 aliphatic heterocycles. The fourth-order valence-electron chi connectivity index (χ4n) is 0.858. The van der Waals surface area contributed by atoms with E-state index in [4.69, 9.17) is 0 Å². The van der Waals surface area contributed by atoms with Crippen LogP contribution in [0.1, 0.15) is 0 Å². The van der Waals surface area contributed by atoms with Crippen LogP contribution in [-0.4, -0.2) is 21.5 Å². The molecule has 84 valence electrons. The topological polar surface area (TPSA) is 43.4 Å². The maximum atomic E-state index is 12.4. The zero-order valence-corrected chi connectivity index (χ0v) is 8.18. The van der Waals surface area contributed by atoms with E-state index in [0.717, 1.165) is 24.3 Å². The highest BCUT2D eigenvalue weighted by atomic mass is 32.3. The zero-order valence-electron chi connectivity index (χ0n) is 7.36. The molecular formula is C8H7F3O3S. The molecule has 0 aliphatic carbocycles. The standard InChI is InChI=1S/C8H7F3O3S/c9-8(10)5-14-6-1-3-7(4-2-6)15(11,12)13/h1-4,8H,5H2. The molecule has 0 amide bonds. The molecule has 0 aliphatic rings. The number of rotatable bonds is 4. The van der Waals surface area contributed by atoms with Gasteiger partial charge in [-0.05, 0) is 24.3 Å². The minimum absolute atomic E-state index is 0.0581. The van der Waals surface area contributed by atoms with Crippen LogP contribution in [-0.2, 0) is 10.2 Å². The predicted octanol–water partition coefficient (Wildman–Crippen LogP) is 1.99. The monoisotopic (exact) mass is 240 g/mol. The van der Waals surface area contributed by atoms with Crippen LogP contribution in [0, 0.1) is 0 Å². The molecule has 0 heterocycles. The molecule has 1 rings (SSSR count). The van der Waals surface area contributed by atoms with E-state index in [2.05, 4.69) is 4.74 Å². The molecule has 0 N–H and O–H groups in total. The quantitative estimate of drug-likeness (QED) is 0.756. The van der Waals surface area contributed by atoms with Crippen molar-refractivity contribution in [1.29, 1.82) is 0 Å². The van der Waals surface area contributed by atoms with Crippen molar-refractivity contribution in [2.24, 2.45) is 0 Å². The van der Waals surface area contributed by atoms with E-state index in [9.17, 15) is 21.1 Å². The molecule has 0 saturated heterocycles. The lowest BCUT2D eigenvalue weighted by Crippen LogP contribution is -2.06. The molecule has 15 heavy (non-hydrogen) atoms. The van der Waals surface area contributed by atoms with E-state index in [1.165, 1.54) is 0 Å². The van der Waals surface area contributed by atoms with Crippen molar-refractivity contribution < 1.29 is 25.8 Å². The third-order valence-corrected chi connectivity index (χ3v) is 2.32. The normalized spacial score (nSPS) is 11.7. The first-order chi connectivity index (χ1) is 6.89. The van der Waals surface area contributed by atoms with Gasteiger partial charge in [-0.3, -0.25) is 0 Å². The van der Waals surface area contributed by atoms with Crippen molar-refractivity contribution in [1.82, 2.24) is 0 Å². The maximum Gasteiger partial charge on any atom is 0.332 e. The average Bonchev–Trinajstić information content (AvgIpc) is 2.14. The maximum absolute atomic E-state index is 12.4. The Kier molecular flexibility index (Phi) is 3.57. The third kappa shape index (κ3) is 3.78. The summed E-state index contributed by atoms with van der Waals surface area (Å²) in [6, 6.07) is 4.09. The van der Waals surface area contributed by atoms with Gasteiger partial charge in [0.05, 0.1) is 4.90 Å². The van der Waals surface area contributed by atoms with Gasteiger partial charge in [0.1, 0.15) is 12.4 Å². The van der Waals surface area contributed by atoms with Crippen LogP contribution < -0.4 is 4.74 Å². The lowest BCUT2D eigenvalue weighted by Gasteiger charge is -2.04. The Bertz CT molecular complexity index is 413. The van der Waals surface area contributed by atoms with E-state index < -0.39 is 28.2 Å². The molecule has 0 aromatic heterocycles. The summed E-state index contributed by atoms with van der Waals surface area (Å²) in [7, 11) is -4.75. The van der Waals surface area contributed by atoms with Gasteiger partial charge in [-0.1, -0.05) is 0 Å². The first-order valence-corrected chi connectivity index (χ1v) is 5.23.